The number of carbonyl (C=O) groups excluding carboxylic acids is 2. The van der Waals surface area contributed by atoms with E-state index < -0.39 is 11.9 Å². The molecular weight excluding hydrogens is 394 g/mol. The zero-order chi connectivity index (χ0) is 22.0. The summed E-state index contributed by atoms with van der Waals surface area (Å²) in [5.41, 5.74) is 3.52. The summed E-state index contributed by atoms with van der Waals surface area (Å²) in [7, 11) is 0. The summed E-state index contributed by atoms with van der Waals surface area (Å²) in [4.78, 5) is 42.5. The molecule has 3 amide bonds. The van der Waals surface area contributed by atoms with Gasteiger partial charge in [-0.1, -0.05) is 55.5 Å². The molecule has 160 valence electrons. The minimum atomic E-state index is -1.10. The third kappa shape index (κ3) is 3.91. The second-order valence-corrected chi connectivity index (χ2v) is 7.68. The van der Waals surface area contributed by atoms with Gasteiger partial charge in [0.1, 0.15) is 5.92 Å². The molecule has 2 aliphatic rings. The van der Waals surface area contributed by atoms with Crippen LogP contribution < -0.4 is 4.90 Å². The summed E-state index contributed by atoms with van der Waals surface area (Å²) < 4.78 is 0. The topological polar surface area (TPSA) is 81.2 Å². The molecule has 4 rings (SSSR count). The number of anilines is 2. The van der Waals surface area contributed by atoms with Crippen molar-refractivity contribution in [1.29, 1.82) is 0 Å². The van der Waals surface area contributed by atoms with Gasteiger partial charge in [0.25, 0.3) is 0 Å². The van der Waals surface area contributed by atoms with E-state index in [1.54, 1.807) is 21.6 Å². The number of para-hydroxylation sites is 2. The molecule has 7 heteroatoms. The third-order valence-corrected chi connectivity index (χ3v) is 5.86. The van der Waals surface area contributed by atoms with Gasteiger partial charge >= 0.3 is 12.0 Å². The molecule has 1 unspecified atom stereocenters. The number of amides is 3. The van der Waals surface area contributed by atoms with Crippen molar-refractivity contribution in [1.82, 2.24) is 9.80 Å². The molecule has 0 spiro atoms. The fourth-order valence-electron chi connectivity index (χ4n) is 4.11. The molecule has 1 fully saturated rings. The van der Waals surface area contributed by atoms with E-state index in [9.17, 15) is 19.5 Å². The number of benzene rings is 2. The smallest absolute Gasteiger partial charge is 0.329 e. The number of hydrogen-bond acceptors (Lipinski definition) is 3. The molecule has 2 aliphatic heterocycles. The van der Waals surface area contributed by atoms with Crippen LogP contribution in [-0.2, 0) is 9.59 Å². The molecule has 1 N–H and O–H groups in total. The molecule has 2 aromatic rings. The Bertz CT molecular complexity index is 991. The summed E-state index contributed by atoms with van der Waals surface area (Å²) in [6, 6.07) is 15.4. The molecule has 31 heavy (non-hydrogen) atoms. The minimum absolute atomic E-state index is 0.152. The third-order valence-electron chi connectivity index (χ3n) is 5.86. The van der Waals surface area contributed by atoms with Crippen LogP contribution in [0.15, 0.2) is 48.5 Å². The standard InChI is InChI=1S/C24H25N3O4/c1-2-19(23(29)30)22(28)25-13-15-26(16-14-25)24(31)27-20-9-5-3-7-17(20)11-12-18-8-4-6-10-21(18)27/h3-12,19H,2,13-16H2,1H3,(H,29,30). The minimum Gasteiger partial charge on any atom is -0.481 e. The van der Waals surface area contributed by atoms with Gasteiger partial charge in [-0.3, -0.25) is 14.5 Å². The zero-order valence-electron chi connectivity index (χ0n) is 17.4. The van der Waals surface area contributed by atoms with Crippen molar-refractivity contribution in [3.63, 3.8) is 0 Å². The van der Waals surface area contributed by atoms with Gasteiger partial charge in [-0.05, 0) is 29.7 Å². The van der Waals surface area contributed by atoms with Gasteiger partial charge in [0.2, 0.25) is 5.91 Å². The molecule has 0 radical (unpaired) electrons. The first-order valence-corrected chi connectivity index (χ1v) is 10.5. The molecule has 0 aliphatic carbocycles. The highest BCUT2D eigenvalue weighted by molar-refractivity contribution is 6.05. The van der Waals surface area contributed by atoms with Crippen LogP contribution in [0.3, 0.4) is 0 Å². The quantitative estimate of drug-likeness (QED) is 0.770. The van der Waals surface area contributed by atoms with Gasteiger partial charge in [-0.25, -0.2) is 4.79 Å². The Kier molecular flexibility index (Phi) is 5.75. The maximum absolute atomic E-state index is 13.6. The lowest BCUT2D eigenvalue weighted by molar-refractivity contribution is -0.152. The normalized spacial score (nSPS) is 16.2. The van der Waals surface area contributed by atoms with Crippen molar-refractivity contribution in [3.05, 3.63) is 59.7 Å². The SMILES string of the molecule is CCC(C(=O)O)C(=O)N1CCN(C(=O)N2c3ccccc3C=Cc3ccccc32)CC1. The molecule has 0 saturated carbocycles. The lowest BCUT2D eigenvalue weighted by Gasteiger charge is -2.38. The Hall–Kier alpha value is -3.61. The Morgan fingerprint density at radius 1 is 0.839 bits per heavy atom. The Morgan fingerprint density at radius 3 is 1.81 bits per heavy atom. The number of urea groups is 1. The summed E-state index contributed by atoms with van der Waals surface area (Å²) in [5.74, 6) is -2.51. The number of fused-ring (bicyclic) bond motifs is 2. The van der Waals surface area contributed by atoms with E-state index in [4.69, 9.17) is 0 Å². The Balaban J connectivity index is 1.57. The number of piperazine rings is 1. The van der Waals surface area contributed by atoms with Crippen molar-refractivity contribution >= 4 is 41.4 Å². The van der Waals surface area contributed by atoms with Crippen LogP contribution in [0.2, 0.25) is 0 Å². The van der Waals surface area contributed by atoms with Gasteiger partial charge < -0.3 is 14.9 Å². The largest absolute Gasteiger partial charge is 0.481 e. The van der Waals surface area contributed by atoms with Crippen LogP contribution in [0.5, 0.6) is 0 Å². The van der Waals surface area contributed by atoms with Crippen LogP contribution in [0, 0.1) is 5.92 Å². The van der Waals surface area contributed by atoms with Gasteiger partial charge in [-0.2, -0.15) is 0 Å². The average molecular weight is 419 g/mol. The predicted octanol–water partition coefficient (Wildman–Crippen LogP) is 3.68. The number of rotatable bonds is 3. The van der Waals surface area contributed by atoms with Crippen LogP contribution in [-0.4, -0.2) is 59.0 Å². The molecule has 1 atom stereocenters. The maximum Gasteiger partial charge on any atom is 0.329 e. The first kappa shape index (κ1) is 20.7. The van der Waals surface area contributed by atoms with Crippen molar-refractivity contribution in [2.75, 3.05) is 31.1 Å². The summed E-state index contributed by atoms with van der Waals surface area (Å²) >= 11 is 0. The number of carbonyl (C=O) groups is 3. The predicted molar refractivity (Wildman–Crippen MR) is 119 cm³/mol. The number of nitrogens with zero attached hydrogens (tertiary/aromatic N) is 3. The van der Waals surface area contributed by atoms with E-state index in [1.165, 1.54) is 0 Å². The van der Waals surface area contributed by atoms with Gasteiger partial charge in [-0.15, -0.1) is 0 Å². The fourth-order valence-corrected chi connectivity index (χ4v) is 4.11. The molecule has 2 aromatic carbocycles. The van der Waals surface area contributed by atoms with Crippen molar-refractivity contribution in [3.8, 4) is 0 Å². The number of hydrogen-bond donors (Lipinski definition) is 1. The Morgan fingerprint density at radius 2 is 1.32 bits per heavy atom. The van der Waals surface area contributed by atoms with E-state index in [0.717, 1.165) is 22.5 Å². The van der Waals surface area contributed by atoms with Crippen LogP contribution in [0.1, 0.15) is 24.5 Å². The highest BCUT2D eigenvalue weighted by atomic mass is 16.4. The van der Waals surface area contributed by atoms with Gasteiger partial charge in [0, 0.05) is 26.2 Å². The highest BCUT2D eigenvalue weighted by Gasteiger charge is 2.34. The first-order chi connectivity index (χ1) is 15.0. The molecule has 1 saturated heterocycles. The monoisotopic (exact) mass is 419 g/mol. The van der Waals surface area contributed by atoms with E-state index in [2.05, 4.69) is 0 Å². The van der Waals surface area contributed by atoms with E-state index >= 15 is 0 Å². The van der Waals surface area contributed by atoms with E-state index in [1.807, 2.05) is 60.7 Å². The summed E-state index contributed by atoms with van der Waals surface area (Å²) in [5, 5.41) is 9.27. The lowest BCUT2D eigenvalue weighted by atomic mass is 10.0. The summed E-state index contributed by atoms with van der Waals surface area (Å²) in [6.45, 7) is 3.05. The zero-order valence-corrected chi connectivity index (χ0v) is 17.4. The van der Waals surface area contributed by atoms with Crippen molar-refractivity contribution in [2.24, 2.45) is 5.92 Å². The van der Waals surface area contributed by atoms with Crippen LogP contribution in [0.25, 0.3) is 12.2 Å². The second-order valence-electron chi connectivity index (χ2n) is 7.68. The van der Waals surface area contributed by atoms with Crippen molar-refractivity contribution < 1.29 is 19.5 Å². The molecule has 0 aromatic heterocycles. The first-order valence-electron chi connectivity index (χ1n) is 10.5. The number of carboxylic acid groups (broad SMARTS) is 1. The van der Waals surface area contributed by atoms with Crippen LogP contribution >= 0.6 is 0 Å². The van der Waals surface area contributed by atoms with Crippen molar-refractivity contribution in [2.45, 2.75) is 13.3 Å². The van der Waals surface area contributed by atoms with Gasteiger partial charge in [0.15, 0.2) is 0 Å². The fraction of sp³-hybridized carbons (Fsp3) is 0.292. The maximum atomic E-state index is 13.6. The average Bonchev–Trinajstić information content (AvgIpc) is 2.96. The second kappa shape index (κ2) is 8.63. The van der Waals surface area contributed by atoms with Crippen LogP contribution in [0.4, 0.5) is 16.2 Å². The van der Waals surface area contributed by atoms with Gasteiger partial charge in [0.05, 0.1) is 11.4 Å². The molecule has 2 heterocycles. The van der Waals surface area contributed by atoms with E-state index in [-0.39, 0.29) is 18.4 Å². The Labute approximate surface area is 181 Å². The number of aliphatic carboxylic acids is 1. The molecular formula is C24H25N3O4. The summed E-state index contributed by atoms with van der Waals surface area (Å²) in [6.07, 6.45) is 4.27. The molecule has 0 bridgehead atoms. The highest BCUT2D eigenvalue weighted by Crippen LogP contribution is 2.37. The van der Waals surface area contributed by atoms with E-state index in [0.29, 0.717) is 26.2 Å². The number of carboxylic acids is 1. The lowest BCUT2D eigenvalue weighted by Crippen LogP contribution is -2.55. The molecule has 7 nitrogen and oxygen atoms in total.